The molecule has 1 saturated heterocycles. The minimum atomic E-state index is -0.274. The molecule has 80 valence electrons. The lowest BCUT2D eigenvalue weighted by atomic mass is 10.2. The molecule has 0 bridgehead atoms. The van der Waals surface area contributed by atoms with Crippen LogP contribution in [0.3, 0.4) is 0 Å². The summed E-state index contributed by atoms with van der Waals surface area (Å²) in [4.78, 5) is 17.0. The van der Waals surface area contributed by atoms with Gasteiger partial charge in [0.25, 0.3) is 0 Å². The number of nitrogens with two attached hydrogens (primary N) is 1. The van der Waals surface area contributed by atoms with Crippen molar-refractivity contribution in [2.24, 2.45) is 0 Å². The van der Waals surface area contributed by atoms with Gasteiger partial charge in [0.2, 0.25) is 0 Å². The number of aromatic nitrogens is 1. The van der Waals surface area contributed by atoms with Crippen molar-refractivity contribution in [3.63, 3.8) is 0 Å². The lowest BCUT2D eigenvalue weighted by molar-refractivity contribution is 0.0701. The third-order valence-corrected chi connectivity index (χ3v) is 2.34. The van der Waals surface area contributed by atoms with Crippen molar-refractivity contribution in [1.82, 2.24) is 9.88 Å². The summed E-state index contributed by atoms with van der Waals surface area (Å²) in [5.74, 6) is 0.468. The minimum absolute atomic E-state index is 0.274. The molecule has 1 aliphatic heterocycles. The molecular formula is C10H13N3O2. The molecule has 0 unspecified atom stereocenters. The number of amides is 1. The van der Waals surface area contributed by atoms with Gasteiger partial charge in [-0.05, 0) is 12.5 Å². The molecule has 1 aromatic heterocycles. The fourth-order valence-corrected chi connectivity index (χ4v) is 1.53. The summed E-state index contributed by atoms with van der Waals surface area (Å²) in [5, 5.41) is 0. The first-order chi connectivity index (χ1) is 7.27. The number of nitrogens with zero attached hydrogens (tertiary/aromatic N) is 2. The SMILES string of the molecule is Nc1ncccc1CN1CCCOC1=O. The summed E-state index contributed by atoms with van der Waals surface area (Å²) in [5.41, 5.74) is 6.55. The molecule has 1 aliphatic rings. The number of hydrogen-bond acceptors (Lipinski definition) is 4. The maximum Gasteiger partial charge on any atom is 0.410 e. The largest absolute Gasteiger partial charge is 0.449 e. The van der Waals surface area contributed by atoms with Crippen LogP contribution in [0.15, 0.2) is 18.3 Å². The van der Waals surface area contributed by atoms with E-state index >= 15 is 0 Å². The van der Waals surface area contributed by atoms with Crippen molar-refractivity contribution < 1.29 is 9.53 Å². The summed E-state index contributed by atoms with van der Waals surface area (Å²) in [6.45, 7) is 1.70. The molecule has 0 saturated carbocycles. The van der Waals surface area contributed by atoms with E-state index in [2.05, 4.69) is 4.98 Å². The number of anilines is 1. The molecule has 0 spiro atoms. The first-order valence-corrected chi connectivity index (χ1v) is 4.88. The molecule has 5 nitrogen and oxygen atoms in total. The van der Waals surface area contributed by atoms with Gasteiger partial charge in [0.1, 0.15) is 5.82 Å². The number of nitrogen functional groups attached to an aromatic ring is 1. The van der Waals surface area contributed by atoms with Crippen molar-refractivity contribution >= 4 is 11.9 Å². The first kappa shape index (κ1) is 9.76. The lowest BCUT2D eigenvalue weighted by Gasteiger charge is -2.26. The molecule has 0 atom stereocenters. The smallest absolute Gasteiger partial charge is 0.410 e. The van der Waals surface area contributed by atoms with E-state index in [1.165, 1.54) is 0 Å². The van der Waals surface area contributed by atoms with Crippen molar-refractivity contribution in [1.29, 1.82) is 0 Å². The van der Waals surface area contributed by atoms with Crippen LogP contribution in [0.25, 0.3) is 0 Å². The molecular weight excluding hydrogens is 194 g/mol. The Balaban J connectivity index is 2.08. The minimum Gasteiger partial charge on any atom is -0.449 e. The van der Waals surface area contributed by atoms with Gasteiger partial charge in [-0.3, -0.25) is 0 Å². The average Bonchev–Trinajstić information content (AvgIpc) is 2.24. The van der Waals surface area contributed by atoms with Gasteiger partial charge >= 0.3 is 6.09 Å². The standard InChI is InChI=1S/C10H13N3O2/c11-9-8(3-1-4-12-9)7-13-5-2-6-15-10(13)14/h1,3-4H,2,5-7H2,(H2,11,12). The summed E-state index contributed by atoms with van der Waals surface area (Å²) in [6.07, 6.45) is 2.23. The molecule has 1 amide bonds. The van der Waals surface area contributed by atoms with Crippen molar-refractivity contribution in [3.05, 3.63) is 23.9 Å². The molecule has 2 heterocycles. The first-order valence-electron chi connectivity index (χ1n) is 4.88. The Morgan fingerprint density at radius 1 is 1.60 bits per heavy atom. The predicted octanol–water partition coefficient (Wildman–Crippen LogP) is 1.01. The summed E-state index contributed by atoms with van der Waals surface area (Å²) >= 11 is 0. The highest BCUT2D eigenvalue weighted by Crippen LogP contribution is 2.14. The van der Waals surface area contributed by atoms with Crippen LogP contribution in [-0.2, 0) is 11.3 Å². The Morgan fingerprint density at radius 3 is 3.20 bits per heavy atom. The maximum atomic E-state index is 11.4. The van der Waals surface area contributed by atoms with Crippen LogP contribution in [0.5, 0.6) is 0 Å². The van der Waals surface area contributed by atoms with Crippen molar-refractivity contribution in [3.8, 4) is 0 Å². The zero-order valence-corrected chi connectivity index (χ0v) is 8.35. The van der Waals surface area contributed by atoms with E-state index in [0.29, 0.717) is 25.5 Å². The van der Waals surface area contributed by atoms with Crippen LogP contribution in [0.2, 0.25) is 0 Å². The van der Waals surface area contributed by atoms with Gasteiger partial charge in [-0.15, -0.1) is 0 Å². The zero-order chi connectivity index (χ0) is 10.7. The Labute approximate surface area is 87.8 Å². The fraction of sp³-hybridized carbons (Fsp3) is 0.400. The lowest BCUT2D eigenvalue weighted by Crippen LogP contribution is -2.37. The van der Waals surface area contributed by atoms with Crippen LogP contribution < -0.4 is 5.73 Å². The second-order valence-corrected chi connectivity index (χ2v) is 3.44. The number of hydrogen-bond donors (Lipinski definition) is 1. The van der Waals surface area contributed by atoms with Crippen LogP contribution in [0.4, 0.5) is 10.6 Å². The summed E-state index contributed by atoms with van der Waals surface area (Å²) < 4.78 is 4.93. The van der Waals surface area contributed by atoms with Gasteiger partial charge in [-0.25, -0.2) is 9.78 Å². The second-order valence-electron chi connectivity index (χ2n) is 3.44. The Kier molecular flexibility index (Phi) is 2.71. The third kappa shape index (κ3) is 2.18. The van der Waals surface area contributed by atoms with E-state index in [1.807, 2.05) is 6.07 Å². The Morgan fingerprint density at radius 2 is 2.47 bits per heavy atom. The van der Waals surface area contributed by atoms with E-state index in [-0.39, 0.29) is 6.09 Å². The van der Waals surface area contributed by atoms with Gasteiger partial charge in [-0.2, -0.15) is 0 Å². The topological polar surface area (TPSA) is 68.4 Å². The number of rotatable bonds is 2. The molecule has 1 fully saturated rings. The van der Waals surface area contributed by atoms with Gasteiger partial charge in [0.15, 0.2) is 0 Å². The number of carbonyl (C=O) groups is 1. The number of pyridine rings is 1. The highest BCUT2D eigenvalue weighted by atomic mass is 16.6. The quantitative estimate of drug-likeness (QED) is 0.785. The van der Waals surface area contributed by atoms with E-state index in [9.17, 15) is 4.79 Å². The molecule has 1 aromatic rings. The summed E-state index contributed by atoms with van der Waals surface area (Å²) in [7, 11) is 0. The Hall–Kier alpha value is -1.78. The predicted molar refractivity (Wildman–Crippen MR) is 55.0 cm³/mol. The fourth-order valence-electron chi connectivity index (χ4n) is 1.53. The third-order valence-electron chi connectivity index (χ3n) is 2.34. The van der Waals surface area contributed by atoms with E-state index in [1.54, 1.807) is 17.2 Å². The molecule has 0 radical (unpaired) electrons. The highest BCUT2D eigenvalue weighted by Gasteiger charge is 2.20. The van der Waals surface area contributed by atoms with Gasteiger partial charge in [0.05, 0.1) is 13.2 Å². The number of ether oxygens (including phenoxy) is 1. The van der Waals surface area contributed by atoms with Crippen LogP contribution >= 0.6 is 0 Å². The van der Waals surface area contributed by atoms with E-state index in [4.69, 9.17) is 10.5 Å². The summed E-state index contributed by atoms with van der Waals surface area (Å²) in [6, 6.07) is 3.67. The van der Waals surface area contributed by atoms with Crippen LogP contribution in [0, 0.1) is 0 Å². The normalized spacial score (nSPS) is 16.3. The van der Waals surface area contributed by atoms with Crippen molar-refractivity contribution in [2.75, 3.05) is 18.9 Å². The zero-order valence-electron chi connectivity index (χ0n) is 8.35. The van der Waals surface area contributed by atoms with Crippen LogP contribution in [0.1, 0.15) is 12.0 Å². The highest BCUT2D eigenvalue weighted by molar-refractivity contribution is 5.68. The van der Waals surface area contributed by atoms with Crippen LogP contribution in [-0.4, -0.2) is 29.1 Å². The van der Waals surface area contributed by atoms with Crippen molar-refractivity contribution in [2.45, 2.75) is 13.0 Å². The van der Waals surface area contributed by atoms with Gasteiger partial charge in [-0.1, -0.05) is 6.07 Å². The van der Waals surface area contributed by atoms with Gasteiger partial charge < -0.3 is 15.4 Å². The molecule has 0 aromatic carbocycles. The average molecular weight is 207 g/mol. The molecule has 2 rings (SSSR count). The molecule has 15 heavy (non-hydrogen) atoms. The number of cyclic esters (lactones) is 1. The number of carbonyl (C=O) groups excluding carboxylic acids is 1. The second kappa shape index (κ2) is 4.16. The molecule has 5 heteroatoms. The van der Waals surface area contributed by atoms with E-state index in [0.717, 1.165) is 12.0 Å². The molecule has 0 aliphatic carbocycles. The maximum absolute atomic E-state index is 11.4. The van der Waals surface area contributed by atoms with E-state index < -0.39 is 0 Å². The Bertz CT molecular complexity index is 367. The van der Waals surface area contributed by atoms with Gasteiger partial charge in [0, 0.05) is 18.3 Å². The molecule has 2 N–H and O–H groups in total. The monoisotopic (exact) mass is 207 g/mol.